The Labute approximate surface area is 136 Å². The Balaban J connectivity index is 2.26. The van der Waals surface area contributed by atoms with E-state index in [9.17, 15) is 4.79 Å². The lowest BCUT2D eigenvalue weighted by molar-refractivity contribution is 0.572. The van der Waals surface area contributed by atoms with Crippen LogP contribution in [0, 0.1) is 0 Å². The van der Waals surface area contributed by atoms with E-state index in [1.165, 1.54) is 0 Å². The Bertz CT molecular complexity index is 1310. The molecule has 5 aromatic rings. The highest BCUT2D eigenvalue weighted by Crippen LogP contribution is 2.33. The molecule has 0 saturated carbocycles. The molecule has 0 spiro atoms. The van der Waals surface area contributed by atoms with E-state index in [-0.39, 0.29) is 5.63 Å². The average Bonchev–Trinajstić information content (AvgIpc) is 3.04. The first-order valence-corrected chi connectivity index (χ1v) is 7.68. The van der Waals surface area contributed by atoms with E-state index >= 15 is 0 Å². The quantitative estimate of drug-likeness (QED) is 0.393. The van der Waals surface area contributed by atoms with E-state index in [0.717, 1.165) is 26.1 Å². The molecule has 110 valence electrons. The lowest BCUT2D eigenvalue weighted by atomic mass is 10.1. The van der Waals surface area contributed by atoms with E-state index < -0.39 is 0 Å². The van der Waals surface area contributed by atoms with Crippen LogP contribution in [0.5, 0.6) is 0 Å². The fourth-order valence-electron chi connectivity index (χ4n) is 2.99. The van der Waals surface area contributed by atoms with Gasteiger partial charge in [0, 0.05) is 15.2 Å². The van der Waals surface area contributed by atoms with Gasteiger partial charge in [0.15, 0.2) is 11.2 Å². The number of fused-ring (bicyclic) bond motifs is 8. The Hall–Kier alpha value is -2.80. The third kappa shape index (κ3) is 1.62. The van der Waals surface area contributed by atoms with Crippen LogP contribution < -0.4 is 5.63 Å². The molecule has 6 nitrogen and oxygen atoms in total. The first-order chi connectivity index (χ1) is 11.2. The van der Waals surface area contributed by atoms with Crippen molar-refractivity contribution in [1.82, 2.24) is 20.0 Å². The molecular weight excluding hydrogens is 360 g/mol. The normalized spacial score (nSPS) is 11.9. The number of benzene rings is 2. The molecule has 2 aromatic carbocycles. The topological polar surface area (TPSA) is 73.3 Å². The van der Waals surface area contributed by atoms with Crippen LogP contribution in [-0.4, -0.2) is 20.0 Å². The minimum Gasteiger partial charge on any atom is -0.421 e. The molecule has 0 radical (unpaired) electrons. The van der Waals surface area contributed by atoms with Gasteiger partial charge in [0.2, 0.25) is 0 Å². The summed E-state index contributed by atoms with van der Waals surface area (Å²) in [6, 6.07) is 13.0. The molecule has 3 aromatic heterocycles. The van der Waals surface area contributed by atoms with Crippen LogP contribution in [0.3, 0.4) is 0 Å². The summed E-state index contributed by atoms with van der Waals surface area (Å²) < 4.78 is 8.18. The summed E-state index contributed by atoms with van der Waals surface area (Å²) in [4.78, 5) is 12.4. The molecule has 3 heterocycles. The van der Waals surface area contributed by atoms with Gasteiger partial charge in [-0.1, -0.05) is 34.1 Å². The molecule has 0 atom stereocenters. The molecule has 0 aliphatic rings. The lowest BCUT2D eigenvalue weighted by Crippen LogP contribution is -2.02. The Kier molecular flexibility index (Phi) is 2.41. The molecule has 0 amide bonds. The molecule has 0 saturated heterocycles. The van der Waals surface area contributed by atoms with E-state index in [2.05, 4.69) is 31.5 Å². The van der Waals surface area contributed by atoms with E-state index in [4.69, 9.17) is 4.42 Å². The maximum atomic E-state index is 12.4. The predicted octanol–water partition coefficient (Wildman–Crippen LogP) is 3.30. The zero-order chi connectivity index (χ0) is 15.6. The monoisotopic (exact) mass is 366 g/mol. The van der Waals surface area contributed by atoms with Gasteiger partial charge in [0.05, 0.1) is 16.3 Å². The molecule has 0 bridgehead atoms. The smallest absolute Gasteiger partial charge is 0.344 e. The number of hydrogen-bond acceptors (Lipinski definition) is 5. The Morgan fingerprint density at radius 2 is 1.87 bits per heavy atom. The molecule has 0 aliphatic carbocycles. The van der Waals surface area contributed by atoms with Gasteiger partial charge in [-0.3, -0.25) is 0 Å². The zero-order valence-electron chi connectivity index (χ0n) is 11.5. The van der Waals surface area contributed by atoms with Gasteiger partial charge in [-0.15, -0.1) is 5.10 Å². The van der Waals surface area contributed by atoms with Gasteiger partial charge in [0.1, 0.15) is 0 Å². The van der Waals surface area contributed by atoms with Crippen molar-refractivity contribution in [2.45, 2.75) is 0 Å². The number of pyridine rings is 1. The van der Waals surface area contributed by atoms with Crippen molar-refractivity contribution < 1.29 is 4.42 Å². The molecule has 5 rings (SSSR count). The number of rotatable bonds is 0. The van der Waals surface area contributed by atoms with Gasteiger partial charge < -0.3 is 4.42 Å². The van der Waals surface area contributed by atoms with Crippen LogP contribution in [0.2, 0.25) is 0 Å². The maximum Gasteiger partial charge on any atom is 0.344 e. The largest absolute Gasteiger partial charge is 0.421 e. The summed E-state index contributed by atoms with van der Waals surface area (Å²) in [5.41, 5.74) is 1.47. The van der Waals surface area contributed by atoms with Crippen molar-refractivity contribution in [2.24, 2.45) is 0 Å². The Morgan fingerprint density at radius 1 is 1.04 bits per heavy atom. The van der Waals surface area contributed by atoms with E-state index in [1.54, 1.807) is 10.6 Å². The minimum absolute atomic E-state index is 0.369. The standard InChI is InChI=1S/C16H7BrN4O2/c17-8-5-6-12-11(7-8)14-13(15-18-19-20-21(12)15)9-3-1-2-4-10(9)16(22)23-14/h1-7H. The second kappa shape index (κ2) is 4.36. The lowest BCUT2D eigenvalue weighted by Gasteiger charge is -2.07. The van der Waals surface area contributed by atoms with Gasteiger partial charge in [-0.25, -0.2) is 4.79 Å². The SMILES string of the molecule is O=c1oc2c3cc(Br)ccc3n3nnnc3c2c2ccccc12. The highest BCUT2D eigenvalue weighted by atomic mass is 79.9. The number of nitrogens with zero attached hydrogens (tertiary/aromatic N) is 4. The first kappa shape index (κ1) is 12.7. The van der Waals surface area contributed by atoms with Crippen molar-refractivity contribution in [3.05, 3.63) is 57.4 Å². The van der Waals surface area contributed by atoms with E-state index in [0.29, 0.717) is 16.6 Å². The predicted molar refractivity (Wildman–Crippen MR) is 89.5 cm³/mol. The van der Waals surface area contributed by atoms with Gasteiger partial charge in [-0.05, 0) is 34.7 Å². The number of hydrogen-bond donors (Lipinski definition) is 0. The molecule has 23 heavy (non-hydrogen) atoms. The second-order valence-electron chi connectivity index (χ2n) is 5.21. The van der Waals surface area contributed by atoms with Crippen molar-refractivity contribution in [3.63, 3.8) is 0 Å². The average molecular weight is 367 g/mol. The fourth-order valence-corrected chi connectivity index (χ4v) is 3.35. The van der Waals surface area contributed by atoms with Gasteiger partial charge in [0.25, 0.3) is 0 Å². The first-order valence-electron chi connectivity index (χ1n) is 6.89. The summed E-state index contributed by atoms with van der Waals surface area (Å²) in [5, 5.41) is 14.8. The third-order valence-corrected chi connectivity index (χ3v) is 4.46. The van der Waals surface area contributed by atoms with Crippen molar-refractivity contribution in [1.29, 1.82) is 0 Å². The maximum absolute atomic E-state index is 12.4. The van der Waals surface area contributed by atoms with Crippen LogP contribution in [0.1, 0.15) is 0 Å². The zero-order valence-corrected chi connectivity index (χ0v) is 13.1. The molecule has 0 fully saturated rings. The highest BCUT2D eigenvalue weighted by molar-refractivity contribution is 9.10. The molecule has 0 unspecified atom stereocenters. The fraction of sp³-hybridized carbons (Fsp3) is 0. The molecule has 7 heteroatoms. The summed E-state index contributed by atoms with van der Waals surface area (Å²) in [6.07, 6.45) is 0. The summed E-state index contributed by atoms with van der Waals surface area (Å²) in [5.74, 6) is 0. The highest BCUT2D eigenvalue weighted by Gasteiger charge is 2.17. The molecule has 0 N–H and O–H groups in total. The van der Waals surface area contributed by atoms with Crippen LogP contribution in [0.4, 0.5) is 0 Å². The summed E-state index contributed by atoms with van der Waals surface area (Å²) >= 11 is 3.46. The number of halogens is 1. The van der Waals surface area contributed by atoms with Gasteiger partial charge >= 0.3 is 5.63 Å². The van der Waals surface area contributed by atoms with Crippen LogP contribution in [-0.2, 0) is 0 Å². The summed E-state index contributed by atoms with van der Waals surface area (Å²) in [7, 11) is 0. The van der Waals surface area contributed by atoms with Crippen LogP contribution in [0.25, 0.3) is 38.3 Å². The van der Waals surface area contributed by atoms with Crippen LogP contribution in [0.15, 0.2) is 56.1 Å². The third-order valence-electron chi connectivity index (χ3n) is 3.96. The number of tetrazole rings is 1. The van der Waals surface area contributed by atoms with E-state index in [1.807, 2.05) is 36.4 Å². The van der Waals surface area contributed by atoms with Crippen molar-refractivity contribution in [2.75, 3.05) is 0 Å². The van der Waals surface area contributed by atoms with Crippen molar-refractivity contribution >= 4 is 54.2 Å². The number of aromatic nitrogens is 4. The molecule has 0 aliphatic heterocycles. The van der Waals surface area contributed by atoms with Crippen molar-refractivity contribution in [3.8, 4) is 0 Å². The molecular formula is C16H7BrN4O2. The Morgan fingerprint density at radius 3 is 2.74 bits per heavy atom. The van der Waals surface area contributed by atoms with Crippen LogP contribution >= 0.6 is 15.9 Å². The van der Waals surface area contributed by atoms with Gasteiger partial charge in [-0.2, -0.15) is 4.52 Å². The minimum atomic E-state index is -0.369. The second-order valence-corrected chi connectivity index (χ2v) is 6.13. The summed E-state index contributed by atoms with van der Waals surface area (Å²) in [6.45, 7) is 0.